The van der Waals surface area contributed by atoms with Crippen LogP contribution in [-0.2, 0) is 4.79 Å². The van der Waals surface area contributed by atoms with Crippen LogP contribution in [0.4, 0.5) is 0 Å². The van der Waals surface area contributed by atoms with E-state index in [0.717, 1.165) is 19.4 Å². The highest BCUT2D eigenvalue weighted by Crippen LogP contribution is 2.15. The van der Waals surface area contributed by atoms with E-state index in [1.165, 1.54) is 38.8 Å². The lowest BCUT2D eigenvalue weighted by Crippen LogP contribution is -2.55. The van der Waals surface area contributed by atoms with Crippen molar-refractivity contribution < 1.29 is 4.79 Å². The van der Waals surface area contributed by atoms with Crippen molar-refractivity contribution >= 4 is 5.91 Å². The van der Waals surface area contributed by atoms with Crippen LogP contribution in [0.3, 0.4) is 0 Å². The molecular formula is C15H31N3O. The number of hydrogen-bond donors (Lipinski definition) is 2. The van der Waals surface area contributed by atoms with Crippen LogP contribution in [-0.4, -0.2) is 42.0 Å². The summed E-state index contributed by atoms with van der Waals surface area (Å²) >= 11 is 0. The first-order valence-corrected chi connectivity index (χ1v) is 7.74. The zero-order valence-corrected chi connectivity index (χ0v) is 12.9. The fourth-order valence-electron chi connectivity index (χ4n) is 2.92. The molecule has 0 aromatic heterocycles. The van der Waals surface area contributed by atoms with Crippen LogP contribution in [0.25, 0.3) is 0 Å². The van der Waals surface area contributed by atoms with E-state index in [0.29, 0.717) is 0 Å². The number of carbonyl (C=O) groups excluding carboxylic acids is 1. The smallest absolute Gasteiger partial charge is 0.237 e. The van der Waals surface area contributed by atoms with Gasteiger partial charge in [-0.05, 0) is 66.1 Å². The number of nitrogens with two attached hydrogens (primary N) is 1. The Hall–Kier alpha value is -0.610. The lowest BCUT2D eigenvalue weighted by atomic mass is 9.93. The standard InChI is InChI=1S/C15H31N3O/c1-13(2)17-15(3,14(16)19)9-8-12-18-10-6-4-5-7-11-18/h13,17H,4-12H2,1-3H3,(H2,16,19). The van der Waals surface area contributed by atoms with Crippen LogP contribution >= 0.6 is 0 Å². The molecule has 19 heavy (non-hydrogen) atoms. The zero-order valence-electron chi connectivity index (χ0n) is 12.9. The molecule has 1 atom stereocenters. The first kappa shape index (κ1) is 16.4. The largest absolute Gasteiger partial charge is 0.368 e. The molecule has 0 saturated carbocycles. The summed E-state index contributed by atoms with van der Waals surface area (Å²) < 4.78 is 0. The van der Waals surface area contributed by atoms with Gasteiger partial charge in [0.25, 0.3) is 0 Å². The van der Waals surface area contributed by atoms with E-state index in [1.54, 1.807) is 0 Å². The summed E-state index contributed by atoms with van der Waals surface area (Å²) in [5.41, 5.74) is 4.98. The molecule has 4 nitrogen and oxygen atoms in total. The van der Waals surface area contributed by atoms with Gasteiger partial charge in [0.2, 0.25) is 5.91 Å². The first-order chi connectivity index (χ1) is 8.94. The summed E-state index contributed by atoms with van der Waals surface area (Å²) in [6, 6.07) is 0.274. The Morgan fingerprint density at radius 2 is 1.84 bits per heavy atom. The molecule has 1 aliphatic heterocycles. The maximum absolute atomic E-state index is 11.6. The maximum Gasteiger partial charge on any atom is 0.237 e. The Balaban J connectivity index is 2.37. The molecule has 112 valence electrons. The van der Waals surface area contributed by atoms with Gasteiger partial charge in [0.1, 0.15) is 0 Å². The molecule has 1 saturated heterocycles. The Kier molecular flexibility index (Phi) is 6.80. The van der Waals surface area contributed by atoms with Crippen molar-refractivity contribution in [2.24, 2.45) is 5.73 Å². The summed E-state index contributed by atoms with van der Waals surface area (Å²) in [7, 11) is 0. The number of nitrogens with zero attached hydrogens (tertiary/aromatic N) is 1. The third kappa shape index (κ3) is 5.91. The Bertz CT molecular complexity index is 273. The van der Waals surface area contributed by atoms with Gasteiger partial charge in [-0.25, -0.2) is 0 Å². The topological polar surface area (TPSA) is 58.4 Å². The molecule has 1 heterocycles. The third-order valence-electron chi connectivity index (χ3n) is 4.00. The van der Waals surface area contributed by atoms with Crippen molar-refractivity contribution in [2.75, 3.05) is 19.6 Å². The van der Waals surface area contributed by atoms with Crippen molar-refractivity contribution in [3.8, 4) is 0 Å². The highest BCUT2D eigenvalue weighted by molar-refractivity contribution is 5.84. The number of nitrogens with one attached hydrogen (secondary N) is 1. The second kappa shape index (κ2) is 7.85. The molecule has 0 aromatic rings. The Labute approximate surface area is 118 Å². The minimum atomic E-state index is -0.569. The third-order valence-corrected chi connectivity index (χ3v) is 4.00. The van der Waals surface area contributed by atoms with E-state index < -0.39 is 5.54 Å². The minimum Gasteiger partial charge on any atom is -0.368 e. The molecule has 1 amide bonds. The first-order valence-electron chi connectivity index (χ1n) is 7.74. The summed E-state index contributed by atoms with van der Waals surface area (Å²) in [6.07, 6.45) is 7.21. The normalized spacial score (nSPS) is 21.1. The highest BCUT2D eigenvalue weighted by Gasteiger charge is 2.30. The predicted octanol–water partition coefficient (Wildman–Crippen LogP) is 1.88. The van der Waals surface area contributed by atoms with Gasteiger partial charge in [0.15, 0.2) is 0 Å². The average molecular weight is 269 g/mol. The molecule has 1 unspecified atom stereocenters. The average Bonchev–Trinajstić information content (AvgIpc) is 2.56. The molecule has 1 aliphatic rings. The van der Waals surface area contributed by atoms with Crippen molar-refractivity contribution in [1.82, 2.24) is 10.2 Å². The molecule has 1 fully saturated rings. The van der Waals surface area contributed by atoms with Crippen LogP contribution < -0.4 is 11.1 Å². The second-order valence-electron chi connectivity index (χ2n) is 6.35. The monoisotopic (exact) mass is 269 g/mol. The summed E-state index contributed by atoms with van der Waals surface area (Å²) in [5.74, 6) is -0.239. The van der Waals surface area contributed by atoms with Crippen molar-refractivity contribution in [3.05, 3.63) is 0 Å². The number of hydrogen-bond acceptors (Lipinski definition) is 3. The van der Waals surface area contributed by atoms with Gasteiger partial charge < -0.3 is 16.0 Å². The summed E-state index contributed by atoms with van der Waals surface area (Å²) in [4.78, 5) is 14.2. The molecular weight excluding hydrogens is 238 g/mol. The molecule has 0 aliphatic carbocycles. The Morgan fingerprint density at radius 1 is 1.26 bits per heavy atom. The van der Waals surface area contributed by atoms with Gasteiger partial charge >= 0.3 is 0 Å². The van der Waals surface area contributed by atoms with Crippen LogP contribution in [0.15, 0.2) is 0 Å². The van der Waals surface area contributed by atoms with Gasteiger partial charge in [-0.2, -0.15) is 0 Å². The van der Waals surface area contributed by atoms with Crippen LogP contribution in [0, 0.1) is 0 Å². The molecule has 0 spiro atoms. The highest BCUT2D eigenvalue weighted by atomic mass is 16.1. The van der Waals surface area contributed by atoms with Gasteiger partial charge in [0, 0.05) is 6.04 Å². The number of carbonyl (C=O) groups is 1. The SMILES string of the molecule is CC(C)NC(C)(CCCN1CCCCCC1)C(N)=O. The molecule has 4 heteroatoms. The van der Waals surface area contributed by atoms with E-state index in [-0.39, 0.29) is 11.9 Å². The quantitative estimate of drug-likeness (QED) is 0.742. The molecule has 1 rings (SSSR count). The number of amides is 1. The van der Waals surface area contributed by atoms with E-state index in [9.17, 15) is 4.79 Å². The number of rotatable bonds is 7. The summed E-state index contributed by atoms with van der Waals surface area (Å²) in [6.45, 7) is 9.54. The maximum atomic E-state index is 11.6. The van der Waals surface area contributed by atoms with Crippen molar-refractivity contribution in [3.63, 3.8) is 0 Å². The lowest BCUT2D eigenvalue weighted by Gasteiger charge is -2.31. The van der Waals surface area contributed by atoms with Gasteiger partial charge in [-0.1, -0.05) is 12.8 Å². The molecule has 0 radical (unpaired) electrons. The number of likely N-dealkylation sites (tertiary alicyclic amines) is 1. The second-order valence-corrected chi connectivity index (χ2v) is 6.35. The van der Waals surface area contributed by atoms with Crippen molar-refractivity contribution in [1.29, 1.82) is 0 Å². The molecule has 3 N–H and O–H groups in total. The van der Waals surface area contributed by atoms with Gasteiger partial charge in [-0.3, -0.25) is 4.79 Å². The number of primary amides is 1. The minimum absolute atomic E-state index is 0.239. The van der Waals surface area contributed by atoms with Crippen LogP contribution in [0.2, 0.25) is 0 Å². The predicted molar refractivity (Wildman–Crippen MR) is 80.0 cm³/mol. The van der Waals surface area contributed by atoms with E-state index >= 15 is 0 Å². The fourth-order valence-corrected chi connectivity index (χ4v) is 2.92. The van der Waals surface area contributed by atoms with E-state index in [1.807, 2.05) is 6.92 Å². The lowest BCUT2D eigenvalue weighted by molar-refractivity contribution is -0.124. The van der Waals surface area contributed by atoms with Gasteiger partial charge in [0.05, 0.1) is 5.54 Å². The van der Waals surface area contributed by atoms with Crippen molar-refractivity contribution in [2.45, 2.75) is 70.9 Å². The molecule has 0 bridgehead atoms. The van der Waals surface area contributed by atoms with E-state index in [4.69, 9.17) is 5.73 Å². The summed E-state index contributed by atoms with van der Waals surface area (Å²) in [5, 5.41) is 3.31. The fraction of sp³-hybridized carbons (Fsp3) is 0.933. The van der Waals surface area contributed by atoms with Crippen LogP contribution in [0.1, 0.15) is 59.3 Å². The zero-order chi connectivity index (χ0) is 14.3. The van der Waals surface area contributed by atoms with Crippen LogP contribution in [0.5, 0.6) is 0 Å². The van der Waals surface area contributed by atoms with E-state index in [2.05, 4.69) is 24.1 Å². The molecule has 0 aromatic carbocycles. The van der Waals surface area contributed by atoms with Gasteiger partial charge in [-0.15, -0.1) is 0 Å². The Morgan fingerprint density at radius 3 is 2.32 bits per heavy atom.